The van der Waals surface area contributed by atoms with E-state index in [-0.39, 0.29) is 11.6 Å². The molecule has 0 saturated heterocycles. The summed E-state index contributed by atoms with van der Waals surface area (Å²) in [7, 11) is 1.93. The molecule has 0 aromatic carbocycles. The van der Waals surface area contributed by atoms with E-state index in [0.717, 1.165) is 12.1 Å². The number of fused-ring (bicyclic) bond motifs is 1. The molecule has 2 aromatic heterocycles. The first-order valence-corrected chi connectivity index (χ1v) is 5.79. The van der Waals surface area contributed by atoms with E-state index in [1.807, 2.05) is 19.2 Å². The zero-order chi connectivity index (χ0) is 12.4. The van der Waals surface area contributed by atoms with E-state index in [9.17, 15) is 4.79 Å². The van der Waals surface area contributed by atoms with Crippen LogP contribution < -0.4 is 11.0 Å². The third-order valence-electron chi connectivity index (χ3n) is 3.17. The Morgan fingerprint density at radius 2 is 2.29 bits per heavy atom. The quantitative estimate of drug-likeness (QED) is 0.810. The summed E-state index contributed by atoms with van der Waals surface area (Å²) in [6.45, 7) is 4.22. The van der Waals surface area contributed by atoms with Crippen molar-refractivity contribution in [1.29, 1.82) is 0 Å². The van der Waals surface area contributed by atoms with E-state index in [1.54, 1.807) is 0 Å². The molecule has 2 unspecified atom stereocenters. The van der Waals surface area contributed by atoms with Crippen LogP contribution in [-0.2, 0) is 0 Å². The number of rotatable bonds is 4. The summed E-state index contributed by atoms with van der Waals surface area (Å²) in [6, 6.07) is 4.05. The van der Waals surface area contributed by atoms with E-state index in [4.69, 9.17) is 0 Å². The zero-order valence-corrected chi connectivity index (χ0v) is 10.3. The van der Waals surface area contributed by atoms with Gasteiger partial charge in [0.05, 0.1) is 5.69 Å². The molecule has 2 aromatic rings. The van der Waals surface area contributed by atoms with Crippen LogP contribution in [0.2, 0.25) is 0 Å². The standard InChI is InChI=1S/C11H17N5O/c1-4-8(7(2)12-3)9-5-6-10-13-14-11(17)16(10)15-9/h5-8,12H,4H2,1-3H3,(H,14,17). The average Bonchev–Trinajstić information content (AvgIpc) is 2.72. The van der Waals surface area contributed by atoms with Gasteiger partial charge in [0.15, 0.2) is 5.65 Å². The SMILES string of the molecule is CCC(c1ccc2n[nH]c(=O)n2n1)C(C)NC. The summed E-state index contributed by atoms with van der Waals surface area (Å²) < 4.78 is 1.31. The summed E-state index contributed by atoms with van der Waals surface area (Å²) >= 11 is 0. The van der Waals surface area contributed by atoms with Crippen molar-refractivity contribution < 1.29 is 0 Å². The second-order valence-electron chi connectivity index (χ2n) is 4.15. The summed E-state index contributed by atoms with van der Waals surface area (Å²) in [6.07, 6.45) is 0.965. The molecule has 2 N–H and O–H groups in total. The van der Waals surface area contributed by atoms with Crippen LogP contribution in [0.4, 0.5) is 0 Å². The Morgan fingerprint density at radius 3 is 2.94 bits per heavy atom. The van der Waals surface area contributed by atoms with Gasteiger partial charge < -0.3 is 5.32 Å². The molecule has 0 aliphatic rings. The van der Waals surface area contributed by atoms with E-state index < -0.39 is 0 Å². The molecule has 0 bridgehead atoms. The Labute approximate surface area is 99.0 Å². The molecule has 6 heteroatoms. The number of likely N-dealkylation sites (N-methyl/N-ethyl adjacent to an activating group) is 1. The number of aromatic nitrogens is 4. The van der Waals surface area contributed by atoms with Crippen LogP contribution in [0.5, 0.6) is 0 Å². The fraction of sp³-hybridized carbons (Fsp3) is 0.545. The van der Waals surface area contributed by atoms with E-state index in [1.165, 1.54) is 4.52 Å². The second kappa shape index (κ2) is 4.67. The van der Waals surface area contributed by atoms with Crippen LogP contribution in [0.3, 0.4) is 0 Å². The molecule has 0 fully saturated rings. The molecule has 0 aliphatic carbocycles. The van der Waals surface area contributed by atoms with E-state index in [0.29, 0.717) is 11.7 Å². The van der Waals surface area contributed by atoms with Gasteiger partial charge in [0.25, 0.3) is 0 Å². The highest BCUT2D eigenvalue weighted by atomic mass is 16.2. The van der Waals surface area contributed by atoms with Crippen molar-refractivity contribution in [2.75, 3.05) is 7.05 Å². The molecule has 2 heterocycles. The Balaban J connectivity index is 2.47. The van der Waals surface area contributed by atoms with Crippen LogP contribution in [-0.4, -0.2) is 32.9 Å². The number of nitrogens with one attached hydrogen (secondary N) is 2. The molecule has 2 atom stereocenters. The smallest absolute Gasteiger partial charge is 0.317 e. The third-order valence-corrected chi connectivity index (χ3v) is 3.17. The zero-order valence-electron chi connectivity index (χ0n) is 10.3. The monoisotopic (exact) mass is 235 g/mol. The molecule has 0 amide bonds. The molecule has 0 radical (unpaired) electrons. The van der Waals surface area contributed by atoms with Gasteiger partial charge in [-0.3, -0.25) is 0 Å². The lowest BCUT2D eigenvalue weighted by molar-refractivity contribution is 0.468. The maximum absolute atomic E-state index is 11.4. The van der Waals surface area contributed by atoms with Gasteiger partial charge >= 0.3 is 5.69 Å². The van der Waals surface area contributed by atoms with Gasteiger partial charge in [-0.25, -0.2) is 9.89 Å². The highest BCUT2D eigenvalue weighted by molar-refractivity contribution is 5.35. The molecule has 0 spiro atoms. The number of aromatic amines is 1. The van der Waals surface area contributed by atoms with Crippen molar-refractivity contribution in [3.63, 3.8) is 0 Å². The van der Waals surface area contributed by atoms with Crippen LogP contribution >= 0.6 is 0 Å². The minimum absolute atomic E-state index is 0.284. The number of hydrogen-bond donors (Lipinski definition) is 2. The first-order valence-electron chi connectivity index (χ1n) is 5.79. The average molecular weight is 235 g/mol. The van der Waals surface area contributed by atoms with Crippen molar-refractivity contribution in [1.82, 2.24) is 25.1 Å². The predicted molar refractivity (Wildman–Crippen MR) is 65.2 cm³/mol. The van der Waals surface area contributed by atoms with E-state index >= 15 is 0 Å². The van der Waals surface area contributed by atoms with Crippen LogP contribution in [0.1, 0.15) is 31.9 Å². The Bertz CT molecular complexity index is 558. The lowest BCUT2D eigenvalue weighted by atomic mass is 9.94. The first kappa shape index (κ1) is 11.8. The van der Waals surface area contributed by atoms with Crippen LogP contribution in [0.15, 0.2) is 16.9 Å². The van der Waals surface area contributed by atoms with Gasteiger partial charge in [-0.05, 0) is 32.5 Å². The summed E-state index contributed by atoms with van der Waals surface area (Å²) in [5.74, 6) is 0.284. The van der Waals surface area contributed by atoms with Gasteiger partial charge in [0, 0.05) is 12.0 Å². The van der Waals surface area contributed by atoms with Gasteiger partial charge in [-0.2, -0.15) is 14.7 Å². The minimum atomic E-state index is -0.297. The van der Waals surface area contributed by atoms with Gasteiger partial charge in [0.1, 0.15) is 0 Å². The Hall–Kier alpha value is -1.69. The fourth-order valence-corrected chi connectivity index (χ4v) is 2.03. The highest BCUT2D eigenvalue weighted by Crippen LogP contribution is 2.20. The first-order chi connectivity index (χ1) is 8.17. The van der Waals surface area contributed by atoms with Crippen molar-refractivity contribution in [2.24, 2.45) is 0 Å². The molecular weight excluding hydrogens is 218 g/mol. The Kier molecular flexibility index (Phi) is 3.23. The third kappa shape index (κ3) is 2.08. The highest BCUT2D eigenvalue weighted by Gasteiger charge is 2.18. The summed E-state index contributed by atoms with van der Waals surface area (Å²) in [5, 5.41) is 13.8. The molecule has 0 saturated carbocycles. The largest absolute Gasteiger partial charge is 0.364 e. The maximum atomic E-state index is 11.4. The van der Waals surface area contributed by atoms with Crippen molar-refractivity contribution >= 4 is 5.65 Å². The molecular formula is C11H17N5O. The molecule has 92 valence electrons. The summed E-state index contributed by atoms with van der Waals surface area (Å²) in [5.41, 5.74) is 1.16. The van der Waals surface area contributed by atoms with Crippen molar-refractivity contribution in [2.45, 2.75) is 32.2 Å². The van der Waals surface area contributed by atoms with E-state index in [2.05, 4.69) is 34.5 Å². The topological polar surface area (TPSA) is 75.1 Å². The lowest BCUT2D eigenvalue weighted by Gasteiger charge is -2.21. The number of hydrogen-bond acceptors (Lipinski definition) is 4. The van der Waals surface area contributed by atoms with Crippen molar-refractivity contribution in [3.05, 3.63) is 28.3 Å². The summed E-state index contributed by atoms with van der Waals surface area (Å²) in [4.78, 5) is 11.4. The molecule has 0 aliphatic heterocycles. The van der Waals surface area contributed by atoms with Gasteiger partial charge in [0.2, 0.25) is 0 Å². The number of H-pyrrole nitrogens is 1. The molecule has 2 rings (SSSR count). The van der Waals surface area contributed by atoms with Crippen molar-refractivity contribution in [3.8, 4) is 0 Å². The second-order valence-corrected chi connectivity index (χ2v) is 4.15. The van der Waals surface area contributed by atoms with Crippen LogP contribution in [0, 0.1) is 0 Å². The minimum Gasteiger partial charge on any atom is -0.317 e. The molecule has 17 heavy (non-hydrogen) atoms. The Morgan fingerprint density at radius 1 is 1.53 bits per heavy atom. The lowest BCUT2D eigenvalue weighted by Crippen LogP contribution is -2.30. The normalized spacial score (nSPS) is 15.0. The predicted octanol–water partition coefficient (Wildman–Crippen LogP) is 0.519. The molecule has 6 nitrogen and oxygen atoms in total. The van der Waals surface area contributed by atoms with Crippen LogP contribution in [0.25, 0.3) is 5.65 Å². The number of nitrogens with zero attached hydrogens (tertiary/aromatic N) is 3. The van der Waals surface area contributed by atoms with Gasteiger partial charge in [-0.1, -0.05) is 6.92 Å². The maximum Gasteiger partial charge on any atom is 0.364 e. The fourth-order valence-electron chi connectivity index (χ4n) is 2.03. The van der Waals surface area contributed by atoms with Gasteiger partial charge in [-0.15, -0.1) is 0 Å².